The molecule has 0 fully saturated rings. The average Bonchev–Trinajstić information content (AvgIpc) is 2.86. The van der Waals surface area contributed by atoms with Crippen molar-refractivity contribution in [3.8, 4) is 0 Å². The second kappa shape index (κ2) is 14.7. The molecule has 0 aliphatic heterocycles. The van der Waals surface area contributed by atoms with Gasteiger partial charge in [0.15, 0.2) is 0 Å². The molecule has 1 rings (SSSR count). The normalized spacial score (nSPS) is 14.5. The Balaban J connectivity index is 3.02. The number of nitrogens with zero attached hydrogens (tertiary/aromatic N) is 1. The molecule has 0 radical (unpaired) electrons. The van der Waals surface area contributed by atoms with Crippen molar-refractivity contribution in [2.75, 3.05) is 20.6 Å². The van der Waals surface area contributed by atoms with E-state index in [9.17, 15) is 28.4 Å². The minimum Gasteiger partial charge on any atom is -0.481 e. The molecule has 3 atom stereocenters. The molecule has 11 heteroatoms. The molecule has 222 valence electrons. The summed E-state index contributed by atoms with van der Waals surface area (Å²) in [4.78, 5) is 62.7. The van der Waals surface area contributed by atoms with E-state index in [4.69, 9.17) is 5.11 Å². The van der Waals surface area contributed by atoms with Gasteiger partial charge in [0.1, 0.15) is 18.1 Å². The smallest absolute Gasteiger partial charge is 0.303 e. The lowest BCUT2D eigenvalue weighted by atomic mass is 9.76. The fourth-order valence-corrected chi connectivity index (χ4v) is 4.16. The molecule has 0 bridgehead atoms. The molecule has 1 aromatic rings. The lowest BCUT2D eigenvalue weighted by Crippen LogP contribution is -2.60. The maximum atomic E-state index is 13.9. The van der Waals surface area contributed by atoms with Gasteiger partial charge >= 0.3 is 5.97 Å². The quantitative estimate of drug-likeness (QED) is 0.201. The van der Waals surface area contributed by atoms with Crippen LogP contribution in [0.1, 0.15) is 59.9 Å². The van der Waals surface area contributed by atoms with Crippen molar-refractivity contribution in [1.29, 1.82) is 0 Å². The molecule has 3 amide bonds. The number of carboxylic acid groups (broad SMARTS) is 1. The van der Waals surface area contributed by atoms with E-state index in [2.05, 4.69) is 16.0 Å². The number of carboxylic acids is 1. The first-order chi connectivity index (χ1) is 18.4. The van der Waals surface area contributed by atoms with Crippen LogP contribution in [-0.4, -0.2) is 78.7 Å². The number of amides is 3. The highest BCUT2D eigenvalue weighted by atomic mass is 19.1. The highest BCUT2D eigenvalue weighted by Crippen LogP contribution is 2.29. The summed E-state index contributed by atoms with van der Waals surface area (Å²) in [5, 5.41) is 17.1. The molecule has 0 saturated carbocycles. The van der Waals surface area contributed by atoms with Crippen molar-refractivity contribution >= 4 is 30.0 Å². The maximum Gasteiger partial charge on any atom is 0.303 e. The molecule has 0 spiro atoms. The van der Waals surface area contributed by atoms with Gasteiger partial charge < -0.3 is 30.8 Å². The molecule has 3 unspecified atom stereocenters. The summed E-state index contributed by atoms with van der Waals surface area (Å²) in [6, 6.07) is 3.40. The van der Waals surface area contributed by atoms with E-state index >= 15 is 0 Å². The van der Waals surface area contributed by atoms with E-state index in [1.807, 2.05) is 34.6 Å². The van der Waals surface area contributed by atoms with E-state index < -0.39 is 52.6 Å². The summed E-state index contributed by atoms with van der Waals surface area (Å²) >= 11 is 0. The lowest BCUT2D eigenvalue weighted by Gasteiger charge is -2.38. The van der Waals surface area contributed by atoms with Gasteiger partial charge in [-0.2, -0.15) is 0 Å². The maximum absolute atomic E-state index is 13.9. The second-order valence-electron chi connectivity index (χ2n) is 11.5. The van der Waals surface area contributed by atoms with Crippen LogP contribution < -0.4 is 16.0 Å². The van der Waals surface area contributed by atoms with Crippen LogP contribution in [-0.2, 0) is 29.4 Å². The van der Waals surface area contributed by atoms with Crippen LogP contribution >= 0.6 is 0 Å². The van der Waals surface area contributed by atoms with Crippen LogP contribution in [0.2, 0.25) is 0 Å². The lowest BCUT2D eigenvalue weighted by molar-refractivity contribution is -0.139. The summed E-state index contributed by atoms with van der Waals surface area (Å²) in [5.41, 5.74) is -0.614. The Morgan fingerprint density at radius 3 is 2.20 bits per heavy atom. The van der Waals surface area contributed by atoms with Gasteiger partial charge in [0.05, 0.1) is 12.1 Å². The van der Waals surface area contributed by atoms with Crippen LogP contribution in [0.5, 0.6) is 0 Å². The van der Waals surface area contributed by atoms with Crippen molar-refractivity contribution in [2.24, 2.45) is 5.41 Å². The number of aldehydes is 1. The minimum absolute atomic E-state index is 0.0349. The third-order valence-electron chi connectivity index (χ3n) is 6.80. The van der Waals surface area contributed by atoms with Gasteiger partial charge in [0.2, 0.25) is 17.7 Å². The molecular formula is C29H43FN4O6. The first-order valence-electron chi connectivity index (χ1n) is 13.1. The zero-order valence-corrected chi connectivity index (χ0v) is 24.6. The Labute approximate surface area is 235 Å². The zero-order valence-electron chi connectivity index (χ0n) is 24.6. The zero-order chi connectivity index (χ0) is 30.8. The Morgan fingerprint density at radius 2 is 1.70 bits per heavy atom. The Hall–Kier alpha value is -3.60. The summed E-state index contributed by atoms with van der Waals surface area (Å²) in [6.07, 6.45) is 1.69. The Morgan fingerprint density at radius 1 is 1.07 bits per heavy atom. The van der Waals surface area contributed by atoms with Gasteiger partial charge in [-0.25, -0.2) is 4.39 Å². The molecule has 0 aliphatic rings. The molecule has 10 nitrogen and oxygen atoms in total. The van der Waals surface area contributed by atoms with Gasteiger partial charge in [-0.3, -0.25) is 19.2 Å². The number of carbonyl (C=O) groups is 5. The number of nitrogens with one attached hydrogen (secondary N) is 3. The third kappa shape index (κ3) is 9.86. The first kappa shape index (κ1) is 34.4. The number of rotatable bonds is 14. The van der Waals surface area contributed by atoms with E-state index in [0.717, 1.165) is 0 Å². The number of hydrogen-bond donors (Lipinski definition) is 4. The van der Waals surface area contributed by atoms with E-state index in [-0.39, 0.29) is 30.9 Å². The van der Waals surface area contributed by atoms with Crippen LogP contribution in [0, 0.1) is 11.2 Å². The summed E-state index contributed by atoms with van der Waals surface area (Å²) in [7, 11) is 3.17. The number of carbonyl (C=O) groups excluding carboxylic acids is 4. The predicted molar refractivity (Wildman–Crippen MR) is 150 cm³/mol. The minimum atomic E-state index is -1.08. The highest BCUT2D eigenvalue weighted by molar-refractivity contribution is 5.95. The number of benzene rings is 1. The van der Waals surface area contributed by atoms with Crippen molar-refractivity contribution in [3.05, 3.63) is 47.3 Å². The van der Waals surface area contributed by atoms with Gasteiger partial charge in [-0.1, -0.05) is 52.8 Å². The molecule has 40 heavy (non-hydrogen) atoms. The first-order valence-corrected chi connectivity index (χ1v) is 13.1. The van der Waals surface area contributed by atoms with Gasteiger partial charge in [0.25, 0.3) is 0 Å². The van der Waals surface area contributed by atoms with E-state index in [1.165, 1.54) is 30.0 Å². The van der Waals surface area contributed by atoms with Crippen molar-refractivity contribution in [1.82, 2.24) is 20.9 Å². The van der Waals surface area contributed by atoms with Gasteiger partial charge in [-0.05, 0) is 43.5 Å². The molecular weight excluding hydrogens is 519 g/mol. The van der Waals surface area contributed by atoms with Crippen molar-refractivity contribution in [3.63, 3.8) is 0 Å². The molecule has 0 aliphatic carbocycles. The Bertz CT molecular complexity index is 1110. The molecule has 0 heterocycles. The second-order valence-corrected chi connectivity index (χ2v) is 11.5. The van der Waals surface area contributed by atoms with Crippen LogP contribution in [0.15, 0.2) is 35.9 Å². The average molecular weight is 563 g/mol. The molecule has 0 saturated heterocycles. The summed E-state index contributed by atoms with van der Waals surface area (Å²) in [6.45, 7) is 10.7. The van der Waals surface area contributed by atoms with Crippen molar-refractivity contribution in [2.45, 2.75) is 77.9 Å². The standard InChI is InChI=1S/C29H43FN4O6/c1-18(25(38)32-21(17-35)12-13-22(36)37)14-15-34(8)27(40)24(28(2,3)4)33-26(39)23(31-7)29(5,6)19-10-9-11-20(30)16-19/h9-11,14,16-17,21,23-24,31H,12-13,15H2,1-8H3,(H,32,38)(H,33,39)(H,36,37)/b18-14+. The largest absolute Gasteiger partial charge is 0.481 e. The number of likely N-dealkylation sites (N-methyl/N-ethyl adjacent to an activating group) is 2. The topological polar surface area (TPSA) is 145 Å². The molecule has 1 aromatic carbocycles. The molecule has 0 aromatic heterocycles. The van der Waals surface area contributed by atoms with Gasteiger partial charge in [-0.15, -0.1) is 0 Å². The monoisotopic (exact) mass is 562 g/mol. The third-order valence-corrected chi connectivity index (χ3v) is 6.80. The fraction of sp³-hybridized carbons (Fsp3) is 0.552. The number of aliphatic carboxylic acids is 1. The summed E-state index contributed by atoms with van der Waals surface area (Å²) < 4.78 is 13.9. The van der Waals surface area contributed by atoms with Crippen LogP contribution in [0.4, 0.5) is 4.39 Å². The van der Waals surface area contributed by atoms with Gasteiger partial charge in [0, 0.05) is 31.0 Å². The van der Waals surface area contributed by atoms with E-state index in [0.29, 0.717) is 11.8 Å². The summed E-state index contributed by atoms with van der Waals surface area (Å²) in [5.74, 6) is -2.85. The fourth-order valence-electron chi connectivity index (χ4n) is 4.16. The highest BCUT2D eigenvalue weighted by Gasteiger charge is 2.40. The number of hydrogen-bond acceptors (Lipinski definition) is 6. The molecule has 4 N–H and O–H groups in total. The van der Waals surface area contributed by atoms with Crippen LogP contribution in [0.25, 0.3) is 0 Å². The van der Waals surface area contributed by atoms with Crippen molar-refractivity contribution < 1.29 is 33.5 Å². The number of halogens is 1. The van der Waals surface area contributed by atoms with E-state index in [1.54, 1.807) is 26.2 Å². The SMILES string of the molecule is CNC(C(=O)NC(C(=O)N(C)C/C=C(\C)C(=O)NC(C=O)CCC(=O)O)C(C)(C)C)C(C)(C)c1cccc(F)c1. The Kier molecular flexibility index (Phi) is 12.6. The van der Waals surface area contributed by atoms with Crippen LogP contribution in [0.3, 0.4) is 0 Å². The predicted octanol–water partition coefficient (Wildman–Crippen LogP) is 2.18.